The average Bonchev–Trinajstić information content (AvgIpc) is 2.50. The van der Waals surface area contributed by atoms with Crippen LogP contribution in [0.25, 0.3) is 0 Å². The molecule has 0 bridgehead atoms. The van der Waals surface area contributed by atoms with Gasteiger partial charge in [-0.3, -0.25) is 14.5 Å². The maximum Gasteiger partial charge on any atom is 0.233 e. The first-order valence-corrected chi connectivity index (χ1v) is 6.05. The summed E-state index contributed by atoms with van der Waals surface area (Å²) >= 11 is 0. The minimum atomic E-state index is -0.417. The van der Waals surface area contributed by atoms with Gasteiger partial charge in [0, 0.05) is 5.54 Å². The zero-order chi connectivity index (χ0) is 12.8. The second kappa shape index (κ2) is 3.83. The number of likely N-dealkylation sites (tertiary alicyclic amines) is 1. The van der Waals surface area contributed by atoms with Crippen molar-refractivity contribution in [3.8, 4) is 0 Å². The van der Waals surface area contributed by atoms with Crippen LogP contribution in [0.1, 0.15) is 33.6 Å². The molecule has 0 unspecified atom stereocenters. The Morgan fingerprint density at radius 3 is 2.41 bits per heavy atom. The molecular formula is C14H19NO2. The summed E-state index contributed by atoms with van der Waals surface area (Å²) in [6.07, 6.45) is 5.15. The molecule has 1 fully saturated rings. The molecule has 0 aromatic carbocycles. The van der Waals surface area contributed by atoms with E-state index in [2.05, 4.69) is 6.58 Å². The summed E-state index contributed by atoms with van der Waals surface area (Å²) in [4.78, 5) is 26.0. The van der Waals surface area contributed by atoms with Crippen LogP contribution in [0.15, 0.2) is 24.3 Å². The Kier molecular flexibility index (Phi) is 2.72. The molecule has 3 nitrogen and oxygen atoms in total. The molecule has 1 saturated heterocycles. The Balaban J connectivity index is 2.31. The maximum absolute atomic E-state index is 12.3. The molecule has 1 heterocycles. The normalized spacial score (nSPS) is 29.1. The third-order valence-electron chi connectivity index (χ3n) is 3.58. The number of allylic oxidation sites excluding steroid dienone is 3. The van der Waals surface area contributed by atoms with Gasteiger partial charge in [-0.05, 0) is 33.6 Å². The van der Waals surface area contributed by atoms with Gasteiger partial charge in [-0.1, -0.05) is 24.3 Å². The monoisotopic (exact) mass is 233 g/mol. The van der Waals surface area contributed by atoms with E-state index in [0.717, 1.165) is 5.57 Å². The van der Waals surface area contributed by atoms with Crippen molar-refractivity contribution < 1.29 is 9.59 Å². The highest BCUT2D eigenvalue weighted by Gasteiger charge is 2.51. The molecule has 2 aliphatic rings. The van der Waals surface area contributed by atoms with Crippen molar-refractivity contribution in [2.75, 3.05) is 0 Å². The van der Waals surface area contributed by atoms with E-state index < -0.39 is 5.54 Å². The topological polar surface area (TPSA) is 37.4 Å². The summed E-state index contributed by atoms with van der Waals surface area (Å²) in [7, 11) is 0. The van der Waals surface area contributed by atoms with Crippen molar-refractivity contribution in [2.45, 2.75) is 39.2 Å². The lowest BCUT2D eigenvalue weighted by atomic mass is 9.81. The van der Waals surface area contributed by atoms with E-state index in [4.69, 9.17) is 0 Å². The van der Waals surface area contributed by atoms with Gasteiger partial charge in [0.15, 0.2) is 0 Å². The lowest BCUT2D eigenvalue weighted by molar-refractivity contribution is -0.145. The molecule has 17 heavy (non-hydrogen) atoms. The van der Waals surface area contributed by atoms with Crippen LogP contribution in [-0.4, -0.2) is 22.3 Å². The minimum Gasteiger partial charge on any atom is -0.277 e. The fourth-order valence-corrected chi connectivity index (χ4v) is 2.72. The molecule has 0 aromatic rings. The Labute approximate surface area is 102 Å². The number of rotatable bonds is 1. The molecule has 2 atom stereocenters. The molecule has 0 aromatic heterocycles. The molecule has 0 radical (unpaired) electrons. The summed E-state index contributed by atoms with van der Waals surface area (Å²) in [5.74, 6) is -0.336. The van der Waals surface area contributed by atoms with E-state index in [-0.39, 0.29) is 23.7 Å². The molecule has 0 spiro atoms. The highest BCUT2D eigenvalue weighted by molar-refractivity contribution is 6.06. The smallest absolute Gasteiger partial charge is 0.233 e. The van der Waals surface area contributed by atoms with Crippen LogP contribution in [0.5, 0.6) is 0 Å². The number of hydrogen-bond acceptors (Lipinski definition) is 2. The number of imide groups is 1. The minimum absolute atomic E-state index is 0.00753. The first kappa shape index (κ1) is 12.1. The van der Waals surface area contributed by atoms with Crippen molar-refractivity contribution in [3.05, 3.63) is 24.3 Å². The van der Waals surface area contributed by atoms with Crippen molar-refractivity contribution in [2.24, 2.45) is 11.8 Å². The van der Waals surface area contributed by atoms with Gasteiger partial charge in [-0.15, -0.1) is 0 Å². The average molecular weight is 233 g/mol. The molecule has 0 saturated carbocycles. The van der Waals surface area contributed by atoms with Crippen molar-refractivity contribution in [3.63, 3.8) is 0 Å². The van der Waals surface area contributed by atoms with Crippen molar-refractivity contribution in [1.82, 2.24) is 4.90 Å². The zero-order valence-corrected chi connectivity index (χ0v) is 10.7. The van der Waals surface area contributed by atoms with E-state index in [1.807, 2.05) is 26.8 Å². The maximum atomic E-state index is 12.3. The highest BCUT2D eigenvalue weighted by atomic mass is 16.2. The van der Waals surface area contributed by atoms with Gasteiger partial charge in [0.2, 0.25) is 11.8 Å². The first-order valence-electron chi connectivity index (χ1n) is 6.05. The van der Waals surface area contributed by atoms with Crippen LogP contribution in [0.4, 0.5) is 0 Å². The van der Waals surface area contributed by atoms with Crippen LogP contribution in [0.2, 0.25) is 0 Å². The summed E-state index contributed by atoms with van der Waals surface area (Å²) in [5.41, 5.74) is 0.669. The van der Waals surface area contributed by atoms with Gasteiger partial charge in [-0.25, -0.2) is 0 Å². The Morgan fingerprint density at radius 1 is 1.29 bits per heavy atom. The first-order chi connectivity index (χ1) is 7.86. The molecule has 1 aliphatic heterocycles. The van der Waals surface area contributed by atoms with Gasteiger partial charge in [0.1, 0.15) is 0 Å². The van der Waals surface area contributed by atoms with E-state index in [0.29, 0.717) is 12.8 Å². The third-order valence-corrected chi connectivity index (χ3v) is 3.58. The van der Waals surface area contributed by atoms with Gasteiger partial charge in [0.05, 0.1) is 11.8 Å². The lowest BCUT2D eigenvalue weighted by Crippen LogP contribution is -2.46. The van der Waals surface area contributed by atoms with Crippen molar-refractivity contribution >= 4 is 11.8 Å². The zero-order valence-electron chi connectivity index (χ0n) is 10.7. The van der Waals surface area contributed by atoms with Crippen LogP contribution in [0.3, 0.4) is 0 Å². The SMILES string of the molecule is C=CC1=CC[C@H]2C(=O)N(C(C)(C)C)C(=O)[C@H]2C1. The van der Waals surface area contributed by atoms with Gasteiger partial charge in [-0.2, -0.15) is 0 Å². The van der Waals surface area contributed by atoms with E-state index >= 15 is 0 Å². The summed E-state index contributed by atoms with van der Waals surface area (Å²) in [6, 6.07) is 0. The Morgan fingerprint density at radius 2 is 1.88 bits per heavy atom. The predicted molar refractivity (Wildman–Crippen MR) is 66.1 cm³/mol. The van der Waals surface area contributed by atoms with Crippen LogP contribution in [0, 0.1) is 11.8 Å². The third kappa shape index (κ3) is 1.84. The number of hydrogen-bond donors (Lipinski definition) is 0. The molecule has 92 valence electrons. The standard InChI is InChI=1S/C14H19NO2/c1-5-9-6-7-10-11(8-9)13(17)15(12(10)16)14(2,3)4/h5-6,10-11H,1,7-8H2,2-4H3/t10-,11+/m1/s1. The fourth-order valence-electron chi connectivity index (χ4n) is 2.72. The second-order valence-electron chi connectivity index (χ2n) is 5.82. The Bertz CT molecular complexity index is 414. The largest absolute Gasteiger partial charge is 0.277 e. The predicted octanol–water partition coefficient (Wildman–Crippen LogP) is 2.29. The van der Waals surface area contributed by atoms with E-state index in [1.165, 1.54) is 4.90 Å². The van der Waals surface area contributed by atoms with Gasteiger partial charge in [0.25, 0.3) is 0 Å². The molecule has 2 amide bonds. The van der Waals surface area contributed by atoms with E-state index in [9.17, 15) is 9.59 Å². The Hall–Kier alpha value is -1.38. The van der Waals surface area contributed by atoms with E-state index in [1.54, 1.807) is 6.08 Å². The summed E-state index contributed by atoms with van der Waals surface area (Å²) in [5, 5.41) is 0. The van der Waals surface area contributed by atoms with Gasteiger partial charge < -0.3 is 0 Å². The van der Waals surface area contributed by atoms with Crippen LogP contribution >= 0.6 is 0 Å². The van der Waals surface area contributed by atoms with Gasteiger partial charge >= 0.3 is 0 Å². The van der Waals surface area contributed by atoms with Crippen LogP contribution in [-0.2, 0) is 9.59 Å². The molecule has 3 heteroatoms. The number of amides is 2. The number of carbonyl (C=O) groups is 2. The lowest BCUT2D eigenvalue weighted by Gasteiger charge is -2.30. The van der Waals surface area contributed by atoms with Crippen LogP contribution < -0.4 is 0 Å². The quantitative estimate of drug-likeness (QED) is 0.652. The molecule has 2 rings (SSSR count). The second-order valence-corrected chi connectivity index (χ2v) is 5.82. The molecule has 1 aliphatic carbocycles. The fraction of sp³-hybridized carbons (Fsp3) is 0.571. The van der Waals surface area contributed by atoms with Crippen molar-refractivity contribution in [1.29, 1.82) is 0 Å². The molecule has 0 N–H and O–H groups in total. The summed E-state index contributed by atoms with van der Waals surface area (Å²) < 4.78 is 0. The number of nitrogens with zero attached hydrogens (tertiary/aromatic N) is 1. The summed E-state index contributed by atoms with van der Waals surface area (Å²) in [6.45, 7) is 9.45. The number of carbonyl (C=O) groups excluding carboxylic acids is 2. The number of fused-ring (bicyclic) bond motifs is 1. The highest BCUT2D eigenvalue weighted by Crippen LogP contribution is 2.40. The molecular weight excluding hydrogens is 214 g/mol.